The van der Waals surface area contributed by atoms with Crippen molar-refractivity contribution in [3.05, 3.63) is 29.8 Å². The molecule has 1 aliphatic rings. The van der Waals surface area contributed by atoms with Crippen LogP contribution in [0.3, 0.4) is 0 Å². The average Bonchev–Trinajstić information content (AvgIpc) is 2.75. The summed E-state index contributed by atoms with van der Waals surface area (Å²) in [5.41, 5.74) is 0.903. The number of amides is 3. The molecule has 4 N–H and O–H groups in total. The van der Waals surface area contributed by atoms with Crippen LogP contribution in [0.2, 0.25) is 0 Å². The number of carbonyl (C=O) groups excluding carboxylic acids is 3. The van der Waals surface area contributed by atoms with Gasteiger partial charge in [0.2, 0.25) is 17.7 Å². The van der Waals surface area contributed by atoms with Gasteiger partial charge >= 0.3 is 0 Å². The van der Waals surface area contributed by atoms with Gasteiger partial charge in [-0.1, -0.05) is 32.4 Å². The van der Waals surface area contributed by atoms with Gasteiger partial charge < -0.3 is 25.8 Å². The van der Waals surface area contributed by atoms with Crippen LogP contribution in [0.4, 0.5) is 0 Å². The number of benzene rings is 1. The van der Waals surface area contributed by atoms with Crippen LogP contribution in [0.1, 0.15) is 58.4 Å². The van der Waals surface area contributed by atoms with E-state index in [0.717, 1.165) is 18.4 Å². The highest BCUT2D eigenvalue weighted by atomic mass is 16.5. The number of nitrogens with one attached hydrogen (secondary N) is 3. The number of aliphatic hydroxyl groups excluding tert-OH is 1. The van der Waals surface area contributed by atoms with Gasteiger partial charge in [0.25, 0.3) is 0 Å². The number of carbonyl (C=O) groups is 3. The summed E-state index contributed by atoms with van der Waals surface area (Å²) in [4.78, 5) is 37.1. The molecule has 1 heterocycles. The number of fused-ring (bicyclic) bond motifs is 2. The van der Waals surface area contributed by atoms with E-state index < -0.39 is 24.1 Å². The third-order valence-corrected chi connectivity index (χ3v) is 5.61. The van der Waals surface area contributed by atoms with Crippen molar-refractivity contribution in [1.82, 2.24) is 16.0 Å². The Morgan fingerprint density at radius 3 is 2.84 bits per heavy atom. The van der Waals surface area contributed by atoms with E-state index in [-0.39, 0.29) is 30.6 Å². The van der Waals surface area contributed by atoms with Crippen molar-refractivity contribution in [2.75, 3.05) is 13.2 Å². The number of unbranched alkanes of at least 4 members (excludes halogenated alkanes) is 1. The van der Waals surface area contributed by atoms with Crippen LogP contribution < -0.4 is 20.7 Å². The highest BCUT2D eigenvalue weighted by Crippen LogP contribution is 2.19. The van der Waals surface area contributed by atoms with Crippen LogP contribution >= 0.6 is 0 Å². The molecule has 0 fully saturated rings. The molecule has 0 aliphatic carbocycles. The Balaban J connectivity index is 2.15. The zero-order chi connectivity index (χ0) is 23.5. The van der Waals surface area contributed by atoms with Gasteiger partial charge in [0.05, 0.1) is 18.8 Å². The molecule has 1 aromatic carbocycles. The third kappa shape index (κ3) is 8.49. The lowest BCUT2D eigenvalue weighted by Crippen LogP contribution is -2.52. The van der Waals surface area contributed by atoms with Crippen LogP contribution in [-0.4, -0.2) is 54.2 Å². The maximum Gasteiger partial charge on any atom is 0.242 e. The summed E-state index contributed by atoms with van der Waals surface area (Å²) in [7, 11) is 0. The lowest BCUT2D eigenvalue weighted by Gasteiger charge is -2.28. The predicted octanol–water partition coefficient (Wildman–Crippen LogP) is 1.69. The Hall–Kier alpha value is -2.61. The van der Waals surface area contributed by atoms with Crippen molar-refractivity contribution in [3.63, 3.8) is 0 Å². The maximum absolute atomic E-state index is 12.7. The van der Waals surface area contributed by atoms with Crippen molar-refractivity contribution < 1.29 is 24.2 Å². The van der Waals surface area contributed by atoms with E-state index in [1.807, 2.05) is 24.3 Å². The molecular formula is C24H37N3O5. The molecule has 2 rings (SSSR count). The summed E-state index contributed by atoms with van der Waals surface area (Å²) in [5, 5.41) is 19.4. The second-order valence-corrected chi connectivity index (χ2v) is 8.56. The number of ether oxygens (including phenoxy) is 1. The fourth-order valence-electron chi connectivity index (χ4n) is 3.61. The van der Waals surface area contributed by atoms with Crippen LogP contribution in [-0.2, 0) is 20.8 Å². The van der Waals surface area contributed by atoms with E-state index in [1.165, 1.54) is 0 Å². The van der Waals surface area contributed by atoms with Crippen molar-refractivity contribution >= 4 is 17.7 Å². The van der Waals surface area contributed by atoms with Crippen LogP contribution in [0.25, 0.3) is 0 Å². The van der Waals surface area contributed by atoms with Crippen LogP contribution in [0.5, 0.6) is 5.75 Å². The highest BCUT2D eigenvalue weighted by molar-refractivity contribution is 5.87. The van der Waals surface area contributed by atoms with Gasteiger partial charge in [-0.2, -0.15) is 0 Å². The van der Waals surface area contributed by atoms with E-state index in [9.17, 15) is 19.5 Å². The van der Waals surface area contributed by atoms with Crippen molar-refractivity contribution in [1.29, 1.82) is 0 Å². The molecule has 1 aromatic rings. The Kier molecular flexibility index (Phi) is 10.5. The van der Waals surface area contributed by atoms with Crippen LogP contribution in [0, 0.1) is 5.92 Å². The Labute approximate surface area is 190 Å². The monoisotopic (exact) mass is 447 g/mol. The first-order valence-corrected chi connectivity index (χ1v) is 11.6. The summed E-state index contributed by atoms with van der Waals surface area (Å²) >= 11 is 0. The van der Waals surface area contributed by atoms with Gasteiger partial charge in [-0.15, -0.1) is 0 Å². The Bertz CT molecular complexity index is 770. The second kappa shape index (κ2) is 13.1. The van der Waals surface area contributed by atoms with E-state index in [2.05, 4.69) is 22.9 Å². The summed E-state index contributed by atoms with van der Waals surface area (Å²) in [6, 6.07) is 6.14. The molecule has 4 atom stereocenters. The number of hydrogen-bond acceptors (Lipinski definition) is 5. The average molecular weight is 448 g/mol. The lowest BCUT2D eigenvalue weighted by atomic mass is 9.93. The molecule has 0 unspecified atom stereocenters. The molecular weight excluding hydrogens is 410 g/mol. The molecule has 2 bridgehead atoms. The predicted molar refractivity (Wildman–Crippen MR) is 122 cm³/mol. The minimum Gasteiger partial charge on any atom is -0.494 e. The van der Waals surface area contributed by atoms with E-state index in [1.54, 1.807) is 13.8 Å². The summed E-state index contributed by atoms with van der Waals surface area (Å²) < 4.78 is 5.74. The van der Waals surface area contributed by atoms with E-state index in [4.69, 9.17) is 4.74 Å². The van der Waals surface area contributed by atoms with Gasteiger partial charge in [0, 0.05) is 18.9 Å². The summed E-state index contributed by atoms with van der Waals surface area (Å²) in [5.74, 6) is -0.431. The summed E-state index contributed by atoms with van der Waals surface area (Å²) in [6.07, 6.45) is 2.34. The Morgan fingerprint density at radius 1 is 1.31 bits per heavy atom. The molecule has 3 amide bonds. The zero-order valence-corrected chi connectivity index (χ0v) is 19.4. The first-order valence-electron chi connectivity index (χ1n) is 11.6. The highest BCUT2D eigenvalue weighted by Gasteiger charge is 2.28. The minimum atomic E-state index is -0.939. The second-order valence-electron chi connectivity index (χ2n) is 8.56. The molecule has 178 valence electrons. The number of hydrogen-bond donors (Lipinski definition) is 4. The zero-order valence-electron chi connectivity index (χ0n) is 19.4. The first-order chi connectivity index (χ1) is 15.3. The van der Waals surface area contributed by atoms with Gasteiger partial charge in [0.1, 0.15) is 11.8 Å². The van der Waals surface area contributed by atoms with E-state index in [0.29, 0.717) is 31.7 Å². The molecule has 0 radical (unpaired) electrons. The molecule has 8 heteroatoms. The lowest BCUT2D eigenvalue weighted by molar-refractivity contribution is -0.130. The normalized spacial score (nSPS) is 21.9. The van der Waals surface area contributed by atoms with Gasteiger partial charge in [-0.25, -0.2) is 0 Å². The van der Waals surface area contributed by atoms with E-state index >= 15 is 0 Å². The van der Waals surface area contributed by atoms with Crippen molar-refractivity contribution in [2.24, 2.45) is 5.92 Å². The maximum atomic E-state index is 12.7. The fraction of sp³-hybridized carbons (Fsp3) is 0.625. The standard InChI is InChI=1S/C24H37N3O5/c1-4-5-11-25-23(30)16(2)13-21(28)20-15-18-8-6-9-19(14-18)32-12-7-10-22(29)26-17(3)24(31)27-20/h6,8-9,14,16-17,20-21,28H,4-5,7,10-13,15H2,1-3H3,(H,25,30)(H,26,29)(H,27,31)/t16-,17+,20+,21+/m1/s1. The van der Waals surface area contributed by atoms with Crippen molar-refractivity contribution in [2.45, 2.75) is 77.5 Å². The van der Waals surface area contributed by atoms with Crippen molar-refractivity contribution in [3.8, 4) is 5.75 Å². The molecule has 0 saturated heterocycles. The van der Waals surface area contributed by atoms with Crippen LogP contribution in [0.15, 0.2) is 24.3 Å². The molecule has 0 aromatic heterocycles. The molecule has 8 nitrogen and oxygen atoms in total. The first kappa shape index (κ1) is 25.6. The molecule has 0 spiro atoms. The number of rotatable bonds is 7. The summed E-state index contributed by atoms with van der Waals surface area (Å²) in [6.45, 7) is 6.45. The Morgan fingerprint density at radius 2 is 2.09 bits per heavy atom. The molecule has 1 aliphatic heterocycles. The van der Waals surface area contributed by atoms with Gasteiger partial charge in [-0.3, -0.25) is 14.4 Å². The van der Waals surface area contributed by atoms with Gasteiger partial charge in [0.15, 0.2) is 0 Å². The quantitative estimate of drug-likeness (QED) is 0.475. The smallest absolute Gasteiger partial charge is 0.242 e. The largest absolute Gasteiger partial charge is 0.494 e. The third-order valence-electron chi connectivity index (χ3n) is 5.61. The SMILES string of the molecule is CCCCNC(=O)[C@H](C)C[C@H](O)[C@@H]1Cc2cccc(c2)OCCCC(=O)N[C@@H](C)C(=O)N1. The molecule has 0 saturated carbocycles. The van der Waals surface area contributed by atoms with Gasteiger partial charge in [-0.05, 0) is 50.3 Å². The minimum absolute atomic E-state index is 0.110. The topological polar surface area (TPSA) is 117 Å². The molecule has 32 heavy (non-hydrogen) atoms. The fourth-order valence-corrected chi connectivity index (χ4v) is 3.61. The number of aliphatic hydroxyl groups is 1.